The Morgan fingerprint density at radius 1 is 1.00 bits per heavy atom. The van der Waals surface area contributed by atoms with Crippen molar-refractivity contribution in [3.8, 4) is 0 Å². The van der Waals surface area contributed by atoms with Crippen molar-refractivity contribution < 1.29 is 4.79 Å². The lowest BCUT2D eigenvalue weighted by Crippen LogP contribution is -2.38. The van der Waals surface area contributed by atoms with Crippen LogP contribution >= 0.6 is 0 Å². The molecule has 0 N–H and O–H groups in total. The summed E-state index contributed by atoms with van der Waals surface area (Å²) >= 11 is 0. The van der Waals surface area contributed by atoms with E-state index in [-0.39, 0.29) is 5.91 Å². The molecular weight excluding hydrogens is 326 g/mol. The Morgan fingerprint density at radius 2 is 1.85 bits per heavy atom. The van der Waals surface area contributed by atoms with E-state index >= 15 is 0 Å². The van der Waals surface area contributed by atoms with E-state index < -0.39 is 0 Å². The van der Waals surface area contributed by atoms with Gasteiger partial charge in [0.1, 0.15) is 11.6 Å². The molecule has 1 saturated carbocycles. The largest absolute Gasteiger partial charge is 0.342 e. The third-order valence-corrected chi connectivity index (χ3v) is 6.62. The van der Waals surface area contributed by atoms with E-state index in [0.29, 0.717) is 5.92 Å². The van der Waals surface area contributed by atoms with Gasteiger partial charge in [0.25, 0.3) is 0 Å². The van der Waals surface area contributed by atoms with Gasteiger partial charge in [0, 0.05) is 58.5 Å². The number of carbonyl (C=O) groups is 1. The molecule has 1 saturated heterocycles. The van der Waals surface area contributed by atoms with Gasteiger partial charge in [-0.2, -0.15) is 0 Å². The Kier molecular flexibility index (Phi) is 5.57. The molecule has 0 radical (unpaired) electrons. The van der Waals surface area contributed by atoms with Crippen LogP contribution in [0.4, 0.5) is 0 Å². The minimum absolute atomic E-state index is 0.184. The maximum atomic E-state index is 11.8. The van der Waals surface area contributed by atoms with E-state index in [2.05, 4.69) is 19.7 Å². The second-order valence-electron chi connectivity index (χ2n) is 8.48. The van der Waals surface area contributed by atoms with E-state index in [9.17, 15) is 4.79 Å². The minimum atomic E-state index is 0.184. The van der Waals surface area contributed by atoms with Crippen molar-refractivity contribution in [1.29, 1.82) is 0 Å². The molecule has 3 aliphatic rings. The molecule has 144 valence electrons. The van der Waals surface area contributed by atoms with E-state index in [1.54, 1.807) is 6.92 Å². The Balaban J connectivity index is 1.40. The average molecular weight is 360 g/mol. The Labute approximate surface area is 156 Å². The van der Waals surface area contributed by atoms with Crippen molar-refractivity contribution in [2.75, 3.05) is 32.7 Å². The highest BCUT2D eigenvalue weighted by atomic mass is 16.2. The van der Waals surface area contributed by atoms with Crippen molar-refractivity contribution in [3.63, 3.8) is 0 Å². The molecule has 1 aliphatic carbocycles. The zero-order valence-corrected chi connectivity index (χ0v) is 16.2. The van der Waals surface area contributed by atoms with E-state index in [4.69, 9.17) is 0 Å². The first-order valence-corrected chi connectivity index (χ1v) is 10.6. The van der Waals surface area contributed by atoms with Crippen LogP contribution in [0.2, 0.25) is 0 Å². The molecular formula is C20H33N5O. The molecule has 1 atom stereocenters. The molecule has 0 bridgehead atoms. The third-order valence-electron chi connectivity index (χ3n) is 6.62. The van der Waals surface area contributed by atoms with Crippen LogP contribution in [0.3, 0.4) is 0 Å². The number of nitrogens with zero attached hydrogens (tertiary/aromatic N) is 5. The summed E-state index contributed by atoms with van der Waals surface area (Å²) in [6, 6.07) is 0. The van der Waals surface area contributed by atoms with Crippen LogP contribution in [0, 0.1) is 5.92 Å². The summed E-state index contributed by atoms with van der Waals surface area (Å²) in [5, 5.41) is 9.08. The maximum Gasteiger partial charge on any atom is 0.219 e. The number of fused-ring (bicyclic) bond motifs is 1. The van der Waals surface area contributed by atoms with Crippen molar-refractivity contribution in [2.24, 2.45) is 5.92 Å². The molecule has 3 heterocycles. The number of hydrogen-bond acceptors (Lipinski definition) is 4. The zero-order valence-electron chi connectivity index (χ0n) is 16.2. The Morgan fingerprint density at radius 3 is 2.65 bits per heavy atom. The number of amides is 1. The van der Waals surface area contributed by atoms with Gasteiger partial charge in [-0.15, -0.1) is 10.2 Å². The number of piperidine rings is 1. The average Bonchev–Trinajstić information content (AvgIpc) is 2.97. The molecule has 1 aromatic rings. The van der Waals surface area contributed by atoms with Gasteiger partial charge in [0.15, 0.2) is 0 Å². The molecule has 2 fully saturated rings. The van der Waals surface area contributed by atoms with Crippen molar-refractivity contribution >= 4 is 5.91 Å². The second kappa shape index (κ2) is 8.07. The standard InChI is InChI=1S/C20H33N5O/c1-16(26)24-10-5-8-18(15-24)20-22-21-19-9-11-23(12-13-25(19)20)14-17-6-3-2-4-7-17/h17-18H,2-15H2,1H3. The number of likely N-dealkylation sites (tertiary alicyclic amines) is 1. The van der Waals surface area contributed by atoms with Crippen LogP contribution in [-0.4, -0.2) is 63.2 Å². The van der Waals surface area contributed by atoms with Crippen LogP contribution in [0.25, 0.3) is 0 Å². The molecule has 1 amide bonds. The summed E-state index contributed by atoms with van der Waals surface area (Å²) in [7, 11) is 0. The third kappa shape index (κ3) is 3.95. The molecule has 1 unspecified atom stereocenters. The van der Waals surface area contributed by atoms with Crippen LogP contribution in [0.1, 0.15) is 69.4 Å². The highest BCUT2D eigenvalue weighted by molar-refractivity contribution is 5.73. The summed E-state index contributed by atoms with van der Waals surface area (Å²) in [5.41, 5.74) is 0. The van der Waals surface area contributed by atoms with Gasteiger partial charge in [-0.25, -0.2) is 0 Å². The fraction of sp³-hybridized carbons (Fsp3) is 0.850. The van der Waals surface area contributed by atoms with Crippen LogP contribution in [-0.2, 0) is 17.8 Å². The topological polar surface area (TPSA) is 54.3 Å². The van der Waals surface area contributed by atoms with E-state index in [1.165, 1.54) is 38.6 Å². The highest BCUT2D eigenvalue weighted by Gasteiger charge is 2.29. The smallest absolute Gasteiger partial charge is 0.219 e. The first-order valence-electron chi connectivity index (χ1n) is 10.6. The Hall–Kier alpha value is -1.43. The minimum Gasteiger partial charge on any atom is -0.342 e. The van der Waals surface area contributed by atoms with Gasteiger partial charge in [-0.1, -0.05) is 19.3 Å². The summed E-state index contributed by atoms with van der Waals surface area (Å²) in [6.45, 7) is 7.85. The number of hydrogen-bond donors (Lipinski definition) is 0. The monoisotopic (exact) mass is 359 g/mol. The first kappa shape index (κ1) is 18.0. The van der Waals surface area contributed by atoms with Crippen molar-refractivity contribution in [3.05, 3.63) is 11.6 Å². The number of aromatic nitrogens is 3. The molecule has 2 aliphatic heterocycles. The van der Waals surface area contributed by atoms with Gasteiger partial charge >= 0.3 is 0 Å². The maximum absolute atomic E-state index is 11.8. The Bertz CT molecular complexity index is 622. The second-order valence-corrected chi connectivity index (χ2v) is 8.48. The lowest BCUT2D eigenvalue weighted by Gasteiger charge is -2.32. The predicted molar refractivity (Wildman–Crippen MR) is 101 cm³/mol. The van der Waals surface area contributed by atoms with Gasteiger partial charge in [-0.05, 0) is 31.6 Å². The van der Waals surface area contributed by atoms with Crippen LogP contribution in [0.15, 0.2) is 0 Å². The van der Waals surface area contributed by atoms with Gasteiger partial charge in [0.05, 0.1) is 0 Å². The zero-order chi connectivity index (χ0) is 17.9. The quantitative estimate of drug-likeness (QED) is 0.832. The summed E-state index contributed by atoms with van der Waals surface area (Å²) in [5.74, 6) is 3.69. The van der Waals surface area contributed by atoms with Crippen LogP contribution < -0.4 is 0 Å². The highest BCUT2D eigenvalue weighted by Crippen LogP contribution is 2.28. The molecule has 1 aromatic heterocycles. The van der Waals surface area contributed by atoms with E-state index in [1.807, 2.05) is 4.90 Å². The summed E-state index contributed by atoms with van der Waals surface area (Å²) in [6.07, 6.45) is 10.3. The first-order chi connectivity index (χ1) is 12.7. The number of rotatable bonds is 3. The SMILES string of the molecule is CC(=O)N1CCCC(c2nnc3n2CCN(CC2CCCCC2)CC3)C1. The van der Waals surface area contributed by atoms with Crippen molar-refractivity contribution in [2.45, 2.75) is 70.8 Å². The summed E-state index contributed by atoms with van der Waals surface area (Å²) in [4.78, 5) is 16.4. The van der Waals surface area contributed by atoms with Gasteiger partial charge in [0.2, 0.25) is 5.91 Å². The molecule has 6 nitrogen and oxygen atoms in total. The molecule has 6 heteroatoms. The van der Waals surface area contributed by atoms with E-state index in [0.717, 1.165) is 69.6 Å². The lowest BCUT2D eigenvalue weighted by atomic mass is 9.89. The normalized spacial score (nSPS) is 25.7. The van der Waals surface area contributed by atoms with Gasteiger partial charge < -0.3 is 14.4 Å². The molecule has 0 spiro atoms. The fourth-order valence-corrected chi connectivity index (χ4v) is 5.08. The predicted octanol–water partition coefficient (Wildman–Crippen LogP) is 2.44. The lowest BCUT2D eigenvalue weighted by molar-refractivity contribution is -0.130. The summed E-state index contributed by atoms with van der Waals surface area (Å²) < 4.78 is 2.37. The molecule has 0 aromatic carbocycles. The molecule has 26 heavy (non-hydrogen) atoms. The fourth-order valence-electron chi connectivity index (χ4n) is 5.08. The molecule has 4 rings (SSSR count). The van der Waals surface area contributed by atoms with Crippen molar-refractivity contribution in [1.82, 2.24) is 24.6 Å². The van der Waals surface area contributed by atoms with Gasteiger partial charge in [-0.3, -0.25) is 4.79 Å². The number of carbonyl (C=O) groups excluding carboxylic acids is 1. The van der Waals surface area contributed by atoms with Crippen LogP contribution in [0.5, 0.6) is 0 Å².